The van der Waals surface area contributed by atoms with Gasteiger partial charge in [0.05, 0.1) is 11.9 Å². The van der Waals surface area contributed by atoms with Gasteiger partial charge < -0.3 is 4.74 Å². The Morgan fingerprint density at radius 3 is 2.40 bits per heavy atom. The topological polar surface area (TPSA) is 63.6 Å². The van der Waals surface area contributed by atoms with Crippen LogP contribution in [0.1, 0.15) is 18.1 Å². The molecule has 0 aliphatic carbocycles. The van der Waals surface area contributed by atoms with E-state index in [-0.39, 0.29) is 18.3 Å². The van der Waals surface area contributed by atoms with Crippen molar-refractivity contribution in [2.75, 3.05) is 12.9 Å². The minimum absolute atomic E-state index is 0.249. The van der Waals surface area contributed by atoms with E-state index in [1.807, 2.05) is 30.3 Å². The zero-order chi connectivity index (χ0) is 11.3. The molecule has 5 heteroatoms. The van der Waals surface area contributed by atoms with Gasteiger partial charge in [-0.1, -0.05) is 30.3 Å². The lowest BCUT2D eigenvalue weighted by Gasteiger charge is -2.14. The van der Waals surface area contributed by atoms with Crippen molar-refractivity contribution in [1.29, 1.82) is 0 Å². The fourth-order valence-electron chi connectivity index (χ4n) is 1.34. The highest BCUT2D eigenvalue weighted by Crippen LogP contribution is 2.20. The van der Waals surface area contributed by atoms with E-state index < -0.39 is 10.1 Å². The van der Waals surface area contributed by atoms with E-state index in [0.717, 1.165) is 5.56 Å². The van der Waals surface area contributed by atoms with Crippen molar-refractivity contribution >= 4 is 10.1 Å². The van der Waals surface area contributed by atoms with Crippen molar-refractivity contribution in [1.82, 2.24) is 0 Å². The number of hydrogen-bond donors (Lipinski definition) is 1. The van der Waals surface area contributed by atoms with Crippen molar-refractivity contribution in [3.8, 4) is 0 Å². The van der Waals surface area contributed by atoms with Crippen molar-refractivity contribution in [2.45, 2.75) is 12.5 Å². The van der Waals surface area contributed by atoms with Gasteiger partial charge in [-0.15, -0.1) is 0 Å². The Bertz CT molecular complexity index is 385. The summed E-state index contributed by atoms with van der Waals surface area (Å²) < 4.78 is 34.9. The second-order valence-electron chi connectivity index (χ2n) is 3.21. The molecule has 1 rings (SSSR count). The predicted octanol–water partition coefficient (Wildman–Crippen LogP) is 1.65. The van der Waals surface area contributed by atoms with Crippen LogP contribution in [0.5, 0.6) is 0 Å². The molecule has 0 heterocycles. The SMILES string of the molecule is COC(CCS(=O)(=O)O)c1ccccc1. The summed E-state index contributed by atoms with van der Waals surface area (Å²) in [7, 11) is -2.40. The third-order valence-electron chi connectivity index (χ3n) is 2.09. The van der Waals surface area contributed by atoms with Crippen molar-refractivity contribution in [2.24, 2.45) is 0 Å². The van der Waals surface area contributed by atoms with E-state index in [0.29, 0.717) is 0 Å². The number of benzene rings is 1. The standard InChI is InChI=1S/C10H14O4S/c1-14-10(7-8-15(11,12)13)9-5-3-2-4-6-9/h2-6,10H,7-8H2,1H3,(H,11,12,13). The molecule has 0 bridgehead atoms. The quantitative estimate of drug-likeness (QED) is 0.781. The van der Waals surface area contributed by atoms with Gasteiger partial charge in [-0.25, -0.2) is 0 Å². The highest BCUT2D eigenvalue weighted by atomic mass is 32.2. The Kier molecular flexibility index (Phi) is 4.26. The number of rotatable bonds is 5. The van der Waals surface area contributed by atoms with Gasteiger partial charge in [0.25, 0.3) is 10.1 Å². The molecule has 1 N–H and O–H groups in total. The zero-order valence-corrected chi connectivity index (χ0v) is 9.28. The summed E-state index contributed by atoms with van der Waals surface area (Å²) in [6.07, 6.45) is -0.0487. The van der Waals surface area contributed by atoms with Crippen LogP contribution in [0.3, 0.4) is 0 Å². The summed E-state index contributed by atoms with van der Waals surface area (Å²) in [6, 6.07) is 9.30. The lowest BCUT2D eigenvalue weighted by molar-refractivity contribution is 0.100. The maximum absolute atomic E-state index is 10.6. The van der Waals surface area contributed by atoms with Crippen LogP contribution in [0.2, 0.25) is 0 Å². The van der Waals surface area contributed by atoms with Gasteiger partial charge in [-0.05, 0) is 12.0 Å². The molecule has 0 fully saturated rings. The molecule has 1 atom stereocenters. The maximum Gasteiger partial charge on any atom is 0.264 e. The average Bonchev–Trinajstić information content (AvgIpc) is 2.19. The van der Waals surface area contributed by atoms with Crippen LogP contribution in [0, 0.1) is 0 Å². The molecule has 1 aromatic rings. The van der Waals surface area contributed by atoms with E-state index in [9.17, 15) is 8.42 Å². The smallest absolute Gasteiger partial charge is 0.264 e. The Labute approximate surface area is 89.6 Å². The molecule has 0 saturated carbocycles. The number of hydrogen-bond acceptors (Lipinski definition) is 3. The van der Waals surface area contributed by atoms with Crippen LogP contribution in [-0.2, 0) is 14.9 Å². The maximum atomic E-state index is 10.6. The van der Waals surface area contributed by atoms with Gasteiger partial charge >= 0.3 is 0 Å². The third kappa shape index (κ3) is 4.42. The van der Waals surface area contributed by atoms with Gasteiger partial charge in [-0.2, -0.15) is 8.42 Å². The molecular weight excluding hydrogens is 216 g/mol. The van der Waals surface area contributed by atoms with E-state index >= 15 is 0 Å². The van der Waals surface area contributed by atoms with Crippen molar-refractivity contribution in [3.63, 3.8) is 0 Å². The van der Waals surface area contributed by atoms with Crippen LogP contribution in [-0.4, -0.2) is 25.8 Å². The molecule has 84 valence electrons. The Balaban J connectivity index is 2.66. The molecule has 0 aliphatic rings. The van der Waals surface area contributed by atoms with Crippen LogP contribution in [0.15, 0.2) is 30.3 Å². The second kappa shape index (κ2) is 5.25. The lowest BCUT2D eigenvalue weighted by atomic mass is 10.1. The minimum Gasteiger partial charge on any atom is -0.377 e. The van der Waals surface area contributed by atoms with E-state index in [4.69, 9.17) is 9.29 Å². The Hall–Kier alpha value is -0.910. The minimum atomic E-state index is -3.92. The number of ether oxygens (including phenoxy) is 1. The van der Waals surface area contributed by atoms with E-state index in [2.05, 4.69) is 0 Å². The highest BCUT2D eigenvalue weighted by molar-refractivity contribution is 7.85. The van der Waals surface area contributed by atoms with Crippen molar-refractivity contribution in [3.05, 3.63) is 35.9 Å². The van der Waals surface area contributed by atoms with E-state index in [1.165, 1.54) is 7.11 Å². The summed E-state index contributed by atoms with van der Waals surface area (Å²) in [5.74, 6) is -0.291. The molecule has 0 amide bonds. The molecule has 1 unspecified atom stereocenters. The van der Waals surface area contributed by atoms with Crippen LogP contribution >= 0.6 is 0 Å². The fourth-order valence-corrected chi connectivity index (χ4v) is 1.86. The lowest BCUT2D eigenvalue weighted by Crippen LogP contribution is -2.10. The van der Waals surface area contributed by atoms with Crippen LogP contribution < -0.4 is 0 Å². The molecule has 15 heavy (non-hydrogen) atoms. The molecule has 0 aliphatic heterocycles. The van der Waals surface area contributed by atoms with Gasteiger partial charge in [-0.3, -0.25) is 4.55 Å². The van der Waals surface area contributed by atoms with Gasteiger partial charge in [0, 0.05) is 7.11 Å². The third-order valence-corrected chi connectivity index (χ3v) is 2.85. The summed E-state index contributed by atoms with van der Waals surface area (Å²) in [5, 5.41) is 0. The zero-order valence-electron chi connectivity index (χ0n) is 8.46. The largest absolute Gasteiger partial charge is 0.377 e. The van der Waals surface area contributed by atoms with Gasteiger partial charge in [0.1, 0.15) is 0 Å². The highest BCUT2D eigenvalue weighted by Gasteiger charge is 2.14. The Morgan fingerprint density at radius 2 is 1.93 bits per heavy atom. The first-order chi connectivity index (χ1) is 7.03. The first kappa shape index (κ1) is 12.2. The fraction of sp³-hybridized carbons (Fsp3) is 0.400. The van der Waals surface area contributed by atoms with Crippen LogP contribution in [0.25, 0.3) is 0 Å². The normalized spacial score (nSPS) is 13.7. The summed E-state index contributed by atoms with van der Waals surface area (Å²) in [4.78, 5) is 0. The van der Waals surface area contributed by atoms with Gasteiger partial charge in [0.15, 0.2) is 0 Å². The molecule has 0 spiro atoms. The predicted molar refractivity (Wildman–Crippen MR) is 57.2 cm³/mol. The first-order valence-corrected chi connectivity index (χ1v) is 6.17. The molecule has 0 radical (unpaired) electrons. The van der Waals surface area contributed by atoms with Gasteiger partial charge in [0.2, 0.25) is 0 Å². The molecule has 1 aromatic carbocycles. The first-order valence-electron chi connectivity index (χ1n) is 4.56. The summed E-state index contributed by atoms with van der Waals surface area (Å²) in [5.41, 5.74) is 0.906. The van der Waals surface area contributed by atoms with E-state index in [1.54, 1.807) is 0 Å². The second-order valence-corrected chi connectivity index (χ2v) is 4.78. The summed E-state index contributed by atoms with van der Waals surface area (Å²) in [6.45, 7) is 0. The summed E-state index contributed by atoms with van der Waals surface area (Å²) >= 11 is 0. The Morgan fingerprint density at radius 1 is 1.33 bits per heavy atom. The monoisotopic (exact) mass is 230 g/mol. The van der Waals surface area contributed by atoms with Crippen molar-refractivity contribution < 1.29 is 17.7 Å². The molecule has 4 nitrogen and oxygen atoms in total. The molecule has 0 saturated heterocycles. The van der Waals surface area contributed by atoms with Crippen LogP contribution in [0.4, 0.5) is 0 Å². The molecular formula is C10H14O4S. The number of methoxy groups -OCH3 is 1. The molecule has 0 aromatic heterocycles. The average molecular weight is 230 g/mol.